The first kappa shape index (κ1) is 15.7. The second-order valence-electron chi connectivity index (χ2n) is 4.03. The van der Waals surface area contributed by atoms with Crippen molar-refractivity contribution in [2.24, 2.45) is 0 Å². The predicted octanol–water partition coefficient (Wildman–Crippen LogP) is 2.66. The Morgan fingerprint density at radius 1 is 1.40 bits per heavy atom. The highest BCUT2D eigenvalue weighted by Gasteiger charge is 2.17. The zero-order valence-electron chi connectivity index (χ0n) is 11.5. The van der Waals surface area contributed by atoms with Crippen LogP contribution in [0.1, 0.15) is 19.4 Å². The van der Waals surface area contributed by atoms with Crippen LogP contribution in [0.4, 0.5) is 5.69 Å². The van der Waals surface area contributed by atoms with E-state index in [0.717, 1.165) is 5.56 Å². The van der Waals surface area contributed by atoms with Crippen molar-refractivity contribution < 1.29 is 19.2 Å². The van der Waals surface area contributed by atoms with Crippen LogP contribution in [-0.2, 0) is 16.0 Å². The first-order valence-corrected chi connectivity index (χ1v) is 6.24. The first-order valence-electron chi connectivity index (χ1n) is 6.24. The number of ether oxygens (including phenoxy) is 2. The number of benzene rings is 1. The Hall–Kier alpha value is -2.37. The van der Waals surface area contributed by atoms with Crippen LogP contribution in [0.25, 0.3) is 0 Å². The highest BCUT2D eigenvalue weighted by molar-refractivity contribution is 5.88. The molecule has 108 valence electrons. The van der Waals surface area contributed by atoms with Crippen LogP contribution >= 0.6 is 0 Å². The Labute approximate surface area is 117 Å². The summed E-state index contributed by atoms with van der Waals surface area (Å²) in [5.74, 6) is -0.460. The summed E-state index contributed by atoms with van der Waals surface area (Å²) in [6.45, 7) is 7.20. The predicted molar refractivity (Wildman–Crippen MR) is 73.7 cm³/mol. The number of esters is 1. The van der Waals surface area contributed by atoms with Crippen LogP contribution in [0.2, 0.25) is 0 Å². The van der Waals surface area contributed by atoms with Crippen molar-refractivity contribution in [3.8, 4) is 5.75 Å². The van der Waals surface area contributed by atoms with E-state index < -0.39 is 10.9 Å². The molecule has 0 N–H and O–H groups in total. The number of nitro groups is 1. The van der Waals surface area contributed by atoms with Crippen LogP contribution in [0.5, 0.6) is 5.75 Å². The molecule has 1 rings (SSSR count). The Bertz CT molecular complexity index is 524. The van der Waals surface area contributed by atoms with Gasteiger partial charge in [0.15, 0.2) is 5.75 Å². The van der Waals surface area contributed by atoms with Gasteiger partial charge in [-0.25, -0.2) is 4.79 Å². The fourth-order valence-corrected chi connectivity index (χ4v) is 1.50. The van der Waals surface area contributed by atoms with E-state index in [0.29, 0.717) is 6.42 Å². The largest absolute Gasteiger partial charge is 0.482 e. The summed E-state index contributed by atoms with van der Waals surface area (Å²) < 4.78 is 10.0. The highest BCUT2D eigenvalue weighted by atomic mass is 16.6. The number of carbonyl (C=O) groups is 1. The molecule has 0 heterocycles. The minimum Gasteiger partial charge on any atom is -0.482 e. The molecule has 1 aromatic rings. The second-order valence-corrected chi connectivity index (χ2v) is 4.03. The van der Waals surface area contributed by atoms with Gasteiger partial charge in [0.1, 0.15) is 6.61 Å². The van der Waals surface area contributed by atoms with Gasteiger partial charge in [0.25, 0.3) is 0 Å². The Morgan fingerprint density at radius 2 is 2.10 bits per heavy atom. The monoisotopic (exact) mass is 279 g/mol. The number of aryl methyl sites for hydroxylation is 1. The average molecular weight is 279 g/mol. The number of carbonyl (C=O) groups excluding carboxylic acids is 1. The fraction of sp³-hybridized carbons (Fsp3) is 0.357. The standard InChI is InChI=1S/C14H17NO5/c1-4-11-6-7-13(12(8-11)15(17)18)20-9-10(3)14(16)19-5-2/h6-8H,3-5,9H2,1-2H3. The van der Waals surface area contributed by atoms with Gasteiger partial charge in [-0.05, 0) is 25.0 Å². The molecule has 0 aliphatic heterocycles. The summed E-state index contributed by atoms with van der Waals surface area (Å²) >= 11 is 0. The van der Waals surface area contributed by atoms with Crippen LogP contribution in [0, 0.1) is 10.1 Å². The molecule has 0 aromatic heterocycles. The van der Waals surface area contributed by atoms with Crippen molar-refractivity contribution in [1.29, 1.82) is 0 Å². The van der Waals surface area contributed by atoms with E-state index in [2.05, 4.69) is 6.58 Å². The van der Waals surface area contributed by atoms with Crippen molar-refractivity contribution >= 4 is 11.7 Å². The quantitative estimate of drug-likeness (QED) is 0.332. The van der Waals surface area contributed by atoms with Gasteiger partial charge in [-0.15, -0.1) is 0 Å². The van der Waals surface area contributed by atoms with Gasteiger partial charge in [0, 0.05) is 6.07 Å². The van der Waals surface area contributed by atoms with Crippen LogP contribution in [0.3, 0.4) is 0 Å². The maximum Gasteiger partial charge on any atom is 0.336 e. The molecule has 0 unspecified atom stereocenters. The molecule has 1 aromatic carbocycles. The van der Waals surface area contributed by atoms with Gasteiger partial charge in [-0.3, -0.25) is 10.1 Å². The molecule has 6 heteroatoms. The number of nitro benzene ring substituents is 1. The third-order valence-corrected chi connectivity index (χ3v) is 2.59. The van der Waals surface area contributed by atoms with Crippen LogP contribution in [-0.4, -0.2) is 24.1 Å². The molecule has 0 spiro atoms. The molecule has 6 nitrogen and oxygen atoms in total. The third kappa shape index (κ3) is 4.08. The zero-order chi connectivity index (χ0) is 15.1. The Kier molecular flexibility index (Phi) is 5.71. The van der Waals surface area contributed by atoms with Gasteiger partial charge in [0.2, 0.25) is 0 Å². The Balaban J connectivity index is 2.80. The summed E-state index contributed by atoms with van der Waals surface area (Å²) in [7, 11) is 0. The molecule has 0 fully saturated rings. The van der Waals surface area contributed by atoms with Crippen molar-refractivity contribution in [3.05, 3.63) is 46.0 Å². The molecule has 0 aliphatic rings. The Morgan fingerprint density at radius 3 is 2.65 bits per heavy atom. The SMILES string of the molecule is C=C(COc1ccc(CC)cc1[N+](=O)[O-])C(=O)OCC. The fourth-order valence-electron chi connectivity index (χ4n) is 1.50. The first-order chi connectivity index (χ1) is 9.49. The minimum absolute atomic E-state index is 0.109. The van der Waals surface area contributed by atoms with E-state index in [1.165, 1.54) is 12.1 Å². The molecule has 0 saturated heterocycles. The number of hydrogen-bond donors (Lipinski definition) is 0. The van der Waals surface area contributed by atoms with Gasteiger partial charge < -0.3 is 9.47 Å². The maximum atomic E-state index is 11.3. The van der Waals surface area contributed by atoms with Gasteiger partial charge in [0.05, 0.1) is 17.1 Å². The molecule has 0 aliphatic carbocycles. The number of rotatable bonds is 7. The van der Waals surface area contributed by atoms with Gasteiger partial charge >= 0.3 is 11.7 Å². The lowest BCUT2D eigenvalue weighted by molar-refractivity contribution is -0.385. The topological polar surface area (TPSA) is 78.7 Å². The van der Waals surface area contributed by atoms with Crippen LogP contribution < -0.4 is 4.74 Å². The van der Waals surface area contributed by atoms with E-state index in [9.17, 15) is 14.9 Å². The van der Waals surface area contributed by atoms with E-state index in [-0.39, 0.29) is 30.2 Å². The minimum atomic E-state index is -0.569. The number of nitrogens with zero attached hydrogens (tertiary/aromatic N) is 1. The molecule has 20 heavy (non-hydrogen) atoms. The van der Waals surface area contributed by atoms with E-state index in [1.54, 1.807) is 13.0 Å². The summed E-state index contributed by atoms with van der Waals surface area (Å²) in [5.41, 5.74) is 0.829. The maximum absolute atomic E-state index is 11.3. The molecule has 0 radical (unpaired) electrons. The second kappa shape index (κ2) is 7.28. The zero-order valence-corrected chi connectivity index (χ0v) is 11.5. The summed E-state index contributed by atoms with van der Waals surface area (Å²) in [5, 5.41) is 11.0. The molecular weight excluding hydrogens is 262 g/mol. The van der Waals surface area contributed by atoms with Crippen molar-refractivity contribution in [3.63, 3.8) is 0 Å². The highest BCUT2D eigenvalue weighted by Crippen LogP contribution is 2.28. The lowest BCUT2D eigenvalue weighted by Crippen LogP contribution is -2.13. The average Bonchev–Trinajstić information content (AvgIpc) is 2.44. The molecular formula is C14H17NO5. The van der Waals surface area contributed by atoms with Crippen LogP contribution in [0.15, 0.2) is 30.4 Å². The van der Waals surface area contributed by atoms with E-state index in [4.69, 9.17) is 9.47 Å². The van der Waals surface area contributed by atoms with Crippen molar-refractivity contribution in [1.82, 2.24) is 0 Å². The molecule has 0 saturated carbocycles. The molecule has 0 amide bonds. The normalized spacial score (nSPS) is 9.90. The third-order valence-electron chi connectivity index (χ3n) is 2.59. The van der Waals surface area contributed by atoms with E-state index >= 15 is 0 Å². The van der Waals surface area contributed by atoms with E-state index in [1.807, 2.05) is 6.92 Å². The number of hydrogen-bond acceptors (Lipinski definition) is 5. The lowest BCUT2D eigenvalue weighted by atomic mass is 10.1. The summed E-state index contributed by atoms with van der Waals surface area (Å²) in [6.07, 6.45) is 0.691. The smallest absolute Gasteiger partial charge is 0.336 e. The van der Waals surface area contributed by atoms with Crippen molar-refractivity contribution in [2.45, 2.75) is 20.3 Å². The van der Waals surface area contributed by atoms with Gasteiger partial charge in [-0.1, -0.05) is 19.6 Å². The molecule has 0 atom stereocenters. The molecule has 0 bridgehead atoms. The lowest BCUT2D eigenvalue weighted by Gasteiger charge is -2.09. The summed E-state index contributed by atoms with van der Waals surface area (Å²) in [4.78, 5) is 21.8. The summed E-state index contributed by atoms with van der Waals surface area (Å²) in [6, 6.07) is 4.73. The van der Waals surface area contributed by atoms with Crippen molar-refractivity contribution in [2.75, 3.05) is 13.2 Å². The van der Waals surface area contributed by atoms with Gasteiger partial charge in [-0.2, -0.15) is 0 Å².